The van der Waals surface area contributed by atoms with E-state index in [4.69, 9.17) is 4.74 Å². The van der Waals surface area contributed by atoms with Gasteiger partial charge in [0.1, 0.15) is 11.9 Å². The number of likely N-dealkylation sites (N-methyl/N-ethyl adjacent to an activating group) is 1. The lowest BCUT2D eigenvalue weighted by atomic mass is 10.2. The molecule has 4 rings (SSSR count). The van der Waals surface area contributed by atoms with Crippen LogP contribution in [0.1, 0.15) is 32.6 Å². The number of carbonyl (C=O) groups excluding carboxylic acids is 1. The second-order valence-corrected chi connectivity index (χ2v) is 8.53. The van der Waals surface area contributed by atoms with Crippen LogP contribution in [-0.4, -0.2) is 72.9 Å². The zero-order chi connectivity index (χ0) is 23.0. The maximum atomic E-state index is 11.7. The van der Waals surface area contributed by atoms with Crippen molar-refractivity contribution in [3.8, 4) is 0 Å². The predicted octanol–water partition coefficient (Wildman–Crippen LogP) is 3.59. The van der Waals surface area contributed by atoms with Gasteiger partial charge in [-0.1, -0.05) is 12.8 Å². The van der Waals surface area contributed by atoms with E-state index in [1.807, 2.05) is 12.1 Å². The number of esters is 1. The predicted molar refractivity (Wildman–Crippen MR) is 132 cm³/mol. The van der Waals surface area contributed by atoms with Crippen molar-refractivity contribution in [1.82, 2.24) is 14.9 Å². The number of benzene rings is 1. The minimum atomic E-state index is -0.480. The Morgan fingerprint density at radius 1 is 1.18 bits per heavy atom. The van der Waals surface area contributed by atoms with Gasteiger partial charge < -0.3 is 25.2 Å². The number of nitrogens with one attached hydrogen (secondary N) is 2. The zero-order valence-electron chi connectivity index (χ0n) is 19.5. The second kappa shape index (κ2) is 11.1. The molecule has 0 amide bonds. The normalized spacial score (nSPS) is 17.5. The first-order valence-electron chi connectivity index (χ1n) is 11.8. The summed E-state index contributed by atoms with van der Waals surface area (Å²) in [6.45, 7) is 6.31. The van der Waals surface area contributed by atoms with Crippen molar-refractivity contribution in [2.75, 3.05) is 55.4 Å². The molecular weight excluding hydrogens is 418 g/mol. The maximum Gasteiger partial charge on any atom is 0.349 e. The Labute approximate surface area is 195 Å². The first-order valence-corrected chi connectivity index (χ1v) is 11.8. The van der Waals surface area contributed by atoms with E-state index >= 15 is 0 Å². The van der Waals surface area contributed by atoms with Gasteiger partial charge in [-0.3, -0.25) is 0 Å². The van der Waals surface area contributed by atoms with Gasteiger partial charge in [-0.25, -0.2) is 14.8 Å². The molecule has 2 aliphatic rings. The van der Waals surface area contributed by atoms with Gasteiger partial charge in [0.05, 0.1) is 12.8 Å². The second-order valence-electron chi connectivity index (χ2n) is 8.53. The fourth-order valence-corrected chi connectivity index (χ4v) is 4.15. The number of piperazine rings is 1. The summed E-state index contributed by atoms with van der Waals surface area (Å²) in [6.07, 6.45) is 7.40. The summed E-state index contributed by atoms with van der Waals surface area (Å²) in [7, 11) is 2.16. The number of rotatable bonds is 8. The lowest BCUT2D eigenvalue weighted by Gasteiger charge is -2.34. The molecule has 33 heavy (non-hydrogen) atoms. The molecule has 9 nitrogen and oxygen atoms in total. The summed E-state index contributed by atoms with van der Waals surface area (Å²) in [4.78, 5) is 29.8. The largest absolute Gasteiger partial charge is 0.462 e. The molecule has 0 atom stereocenters. The molecule has 1 saturated heterocycles. The number of nitrogens with zero attached hydrogens (tertiary/aromatic N) is 5. The lowest BCUT2D eigenvalue weighted by molar-refractivity contribution is -0.134. The first kappa shape index (κ1) is 23.0. The quantitative estimate of drug-likeness (QED) is 0.464. The Hall–Kier alpha value is -3.20. The molecule has 0 bridgehead atoms. The monoisotopic (exact) mass is 451 g/mol. The zero-order valence-corrected chi connectivity index (χ0v) is 19.5. The van der Waals surface area contributed by atoms with Gasteiger partial charge in [-0.2, -0.15) is 4.98 Å². The molecule has 9 heteroatoms. The fourth-order valence-electron chi connectivity index (χ4n) is 4.15. The average Bonchev–Trinajstić information content (AvgIpc) is 3.33. The van der Waals surface area contributed by atoms with Crippen LogP contribution in [0.2, 0.25) is 0 Å². The average molecular weight is 452 g/mol. The van der Waals surface area contributed by atoms with Crippen LogP contribution in [0, 0.1) is 0 Å². The van der Waals surface area contributed by atoms with E-state index in [9.17, 15) is 4.79 Å². The van der Waals surface area contributed by atoms with Crippen molar-refractivity contribution in [3.05, 3.63) is 30.5 Å². The summed E-state index contributed by atoms with van der Waals surface area (Å²) in [5, 5.41) is 6.77. The maximum absolute atomic E-state index is 11.7. The van der Waals surface area contributed by atoms with E-state index in [1.54, 1.807) is 13.1 Å². The van der Waals surface area contributed by atoms with Gasteiger partial charge >= 0.3 is 5.97 Å². The summed E-state index contributed by atoms with van der Waals surface area (Å²) in [5.41, 5.74) is 2.66. The molecule has 176 valence electrons. The molecule has 1 saturated carbocycles. The highest BCUT2D eigenvalue weighted by Gasteiger charge is 2.18. The number of anilines is 4. The van der Waals surface area contributed by atoms with E-state index in [1.165, 1.54) is 24.7 Å². The van der Waals surface area contributed by atoms with Crippen LogP contribution in [-0.2, 0) is 9.53 Å². The van der Waals surface area contributed by atoms with Gasteiger partial charge in [0.25, 0.3) is 0 Å². The topological polar surface area (TPSA) is 95.0 Å². The Kier molecular flexibility index (Phi) is 7.72. The molecule has 1 aliphatic heterocycles. The van der Waals surface area contributed by atoms with Gasteiger partial charge in [0.2, 0.25) is 5.95 Å². The van der Waals surface area contributed by atoms with Crippen LogP contribution < -0.4 is 15.5 Å². The smallest absolute Gasteiger partial charge is 0.349 e. The standard InChI is InChI=1S/C24H33N7O2/c1-3-33-22(32)17-25-21-16-26-24(29-23(21)27-18-6-4-5-7-18)28-19-8-10-20(11-9-19)31-14-12-30(2)13-15-31/h8-11,16-18H,3-7,12-15H2,1-2H3,(H2,26,27,28,29). The van der Waals surface area contributed by atoms with Crippen molar-refractivity contribution in [1.29, 1.82) is 0 Å². The molecule has 1 aromatic heterocycles. The summed E-state index contributed by atoms with van der Waals surface area (Å²) in [5.74, 6) is 0.624. The van der Waals surface area contributed by atoms with Crippen LogP contribution in [0.25, 0.3) is 0 Å². The molecule has 2 aromatic rings. The number of ether oxygens (including phenoxy) is 1. The van der Waals surface area contributed by atoms with E-state index in [0.717, 1.165) is 44.7 Å². The van der Waals surface area contributed by atoms with Crippen LogP contribution in [0.5, 0.6) is 0 Å². The molecule has 0 spiro atoms. The van der Waals surface area contributed by atoms with Crippen molar-refractivity contribution in [2.24, 2.45) is 4.99 Å². The van der Waals surface area contributed by atoms with Crippen LogP contribution in [0.3, 0.4) is 0 Å². The number of carbonyl (C=O) groups is 1. The highest BCUT2D eigenvalue weighted by Crippen LogP contribution is 2.29. The van der Waals surface area contributed by atoms with Gasteiger partial charge in [-0.15, -0.1) is 0 Å². The highest BCUT2D eigenvalue weighted by atomic mass is 16.5. The van der Waals surface area contributed by atoms with Crippen molar-refractivity contribution in [3.63, 3.8) is 0 Å². The van der Waals surface area contributed by atoms with Gasteiger partial charge in [0.15, 0.2) is 5.82 Å². The summed E-state index contributed by atoms with van der Waals surface area (Å²) in [6, 6.07) is 8.71. The van der Waals surface area contributed by atoms with E-state index in [0.29, 0.717) is 30.1 Å². The molecule has 2 N–H and O–H groups in total. The van der Waals surface area contributed by atoms with E-state index in [-0.39, 0.29) is 0 Å². The van der Waals surface area contributed by atoms with Crippen LogP contribution in [0.4, 0.5) is 28.8 Å². The molecule has 1 aromatic carbocycles. The Morgan fingerprint density at radius 3 is 2.61 bits per heavy atom. The highest BCUT2D eigenvalue weighted by molar-refractivity contribution is 6.23. The Balaban J connectivity index is 1.47. The number of aliphatic imine (C=N–C) groups is 1. The molecule has 0 unspecified atom stereocenters. The molecule has 2 heterocycles. The number of hydrogen-bond acceptors (Lipinski definition) is 9. The number of aromatic nitrogens is 2. The summed E-state index contributed by atoms with van der Waals surface area (Å²) >= 11 is 0. The fraction of sp³-hybridized carbons (Fsp3) is 0.500. The number of hydrogen-bond donors (Lipinski definition) is 2. The molecule has 2 fully saturated rings. The SMILES string of the molecule is CCOC(=O)C=Nc1cnc(Nc2ccc(N3CCN(C)CC3)cc2)nc1NC1CCCC1. The van der Waals surface area contributed by atoms with Crippen molar-refractivity contribution < 1.29 is 9.53 Å². The molecular formula is C24H33N7O2. The lowest BCUT2D eigenvalue weighted by Crippen LogP contribution is -2.44. The minimum absolute atomic E-state index is 0.311. The van der Waals surface area contributed by atoms with Crippen LogP contribution in [0.15, 0.2) is 35.5 Å². The third-order valence-corrected chi connectivity index (χ3v) is 6.05. The third kappa shape index (κ3) is 6.41. The van der Waals surface area contributed by atoms with Crippen LogP contribution >= 0.6 is 0 Å². The third-order valence-electron chi connectivity index (χ3n) is 6.05. The summed E-state index contributed by atoms with van der Waals surface area (Å²) < 4.78 is 4.93. The van der Waals surface area contributed by atoms with E-state index in [2.05, 4.69) is 54.6 Å². The minimum Gasteiger partial charge on any atom is -0.462 e. The van der Waals surface area contributed by atoms with E-state index < -0.39 is 5.97 Å². The van der Waals surface area contributed by atoms with Crippen molar-refractivity contribution in [2.45, 2.75) is 38.6 Å². The van der Waals surface area contributed by atoms with Gasteiger partial charge in [0, 0.05) is 43.6 Å². The van der Waals surface area contributed by atoms with Crippen molar-refractivity contribution >= 4 is 41.0 Å². The molecule has 1 aliphatic carbocycles. The first-order chi connectivity index (χ1) is 16.1. The Bertz CT molecular complexity index is 950. The Morgan fingerprint density at radius 2 is 1.91 bits per heavy atom. The molecule has 0 radical (unpaired) electrons. The van der Waals surface area contributed by atoms with Gasteiger partial charge in [-0.05, 0) is 51.1 Å².